The van der Waals surface area contributed by atoms with Gasteiger partial charge in [-0.3, -0.25) is 4.79 Å². The zero-order chi connectivity index (χ0) is 32.2. The first kappa shape index (κ1) is 33.8. The molecule has 0 spiro atoms. The van der Waals surface area contributed by atoms with Crippen LogP contribution in [0.25, 0.3) is 17.2 Å². The summed E-state index contributed by atoms with van der Waals surface area (Å²) in [6.07, 6.45) is 6.71. The van der Waals surface area contributed by atoms with Crippen LogP contribution in [-0.4, -0.2) is 46.9 Å². The molecule has 0 radical (unpaired) electrons. The summed E-state index contributed by atoms with van der Waals surface area (Å²) in [5, 5.41) is 2.79. The number of unbranched alkanes of at least 4 members (excludes halogenated alkanes) is 1. The molecule has 0 bridgehead atoms. The molecule has 3 aromatic carbocycles. The number of methoxy groups -OCH3 is 1. The Bertz CT molecular complexity index is 1570. The highest BCUT2D eigenvalue weighted by atomic mass is 32.2. The fourth-order valence-corrected chi connectivity index (χ4v) is 5.88. The molecule has 1 amide bonds. The number of carbonyl (C=O) groups is 1. The molecule has 4 rings (SSSR count). The first-order valence-electron chi connectivity index (χ1n) is 15.0. The Kier molecular flexibility index (Phi) is 12.6. The van der Waals surface area contributed by atoms with Crippen LogP contribution in [0, 0.1) is 12.7 Å². The molecular formula is C35H40FN3O5S. The first-order valence-corrected chi connectivity index (χ1v) is 16.3. The minimum Gasteiger partial charge on any atom is -0.611 e. The van der Waals surface area contributed by atoms with Gasteiger partial charge in [0.2, 0.25) is 5.91 Å². The molecule has 10 heteroatoms. The lowest BCUT2D eigenvalue weighted by atomic mass is 10.0. The second kappa shape index (κ2) is 16.8. The van der Waals surface area contributed by atoms with E-state index < -0.39 is 22.9 Å². The number of anilines is 1. The molecule has 45 heavy (non-hydrogen) atoms. The summed E-state index contributed by atoms with van der Waals surface area (Å²) < 4.78 is 46.5. The smallest absolute Gasteiger partial charge is 0.248 e. The van der Waals surface area contributed by atoms with E-state index >= 15 is 0 Å². The number of imidazole rings is 1. The van der Waals surface area contributed by atoms with Crippen LogP contribution in [0.15, 0.2) is 78.0 Å². The number of nitrogens with one attached hydrogen (secondary N) is 1. The Morgan fingerprint density at radius 3 is 2.49 bits per heavy atom. The third kappa shape index (κ3) is 9.43. The molecule has 0 aliphatic carbocycles. The van der Waals surface area contributed by atoms with Gasteiger partial charge in [-0.2, -0.15) is 0 Å². The zero-order valence-electron chi connectivity index (χ0n) is 26.2. The van der Waals surface area contributed by atoms with Crippen LogP contribution in [0.1, 0.15) is 43.6 Å². The molecule has 0 aliphatic rings. The Morgan fingerprint density at radius 2 is 1.80 bits per heavy atom. The van der Waals surface area contributed by atoms with Crippen molar-refractivity contribution < 1.29 is 27.9 Å². The fraction of sp³-hybridized carbons (Fsp3) is 0.314. The predicted molar refractivity (Wildman–Crippen MR) is 176 cm³/mol. The lowest BCUT2D eigenvalue weighted by Crippen LogP contribution is -2.11. The summed E-state index contributed by atoms with van der Waals surface area (Å²) in [5.41, 5.74) is 4.18. The summed E-state index contributed by atoms with van der Waals surface area (Å²) >= 11 is -1.26. The second-order valence-electron chi connectivity index (χ2n) is 10.3. The van der Waals surface area contributed by atoms with Gasteiger partial charge in [-0.05, 0) is 97.2 Å². The van der Waals surface area contributed by atoms with Crippen molar-refractivity contribution in [3.63, 3.8) is 0 Å². The van der Waals surface area contributed by atoms with E-state index in [-0.39, 0.29) is 5.75 Å². The van der Waals surface area contributed by atoms with Crippen molar-refractivity contribution in [3.05, 3.63) is 95.8 Å². The fourth-order valence-electron chi connectivity index (χ4n) is 4.65. The molecule has 4 aromatic rings. The molecule has 0 saturated heterocycles. The summed E-state index contributed by atoms with van der Waals surface area (Å²) in [5.74, 6) is 0.150. The van der Waals surface area contributed by atoms with Crippen molar-refractivity contribution in [2.45, 2.75) is 50.8 Å². The first-order chi connectivity index (χ1) is 21.8. The number of rotatable bonds is 16. The monoisotopic (exact) mass is 633 g/mol. The van der Waals surface area contributed by atoms with E-state index in [0.29, 0.717) is 46.4 Å². The van der Waals surface area contributed by atoms with Gasteiger partial charge in [-0.1, -0.05) is 25.5 Å². The van der Waals surface area contributed by atoms with Crippen molar-refractivity contribution in [2.24, 2.45) is 0 Å². The average Bonchev–Trinajstić information content (AvgIpc) is 3.40. The van der Waals surface area contributed by atoms with Crippen molar-refractivity contribution in [1.82, 2.24) is 9.55 Å². The van der Waals surface area contributed by atoms with E-state index in [4.69, 9.17) is 14.2 Å². The summed E-state index contributed by atoms with van der Waals surface area (Å²) in [6.45, 7) is 8.50. The molecule has 238 valence electrons. The van der Waals surface area contributed by atoms with E-state index in [2.05, 4.69) is 17.2 Å². The van der Waals surface area contributed by atoms with Crippen LogP contribution in [0.3, 0.4) is 0 Å². The van der Waals surface area contributed by atoms with Gasteiger partial charge < -0.3 is 28.6 Å². The Hall–Kier alpha value is -4.12. The minimum atomic E-state index is -1.26. The van der Waals surface area contributed by atoms with Crippen molar-refractivity contribution in [1.29, 1.82) is 0 Å². The Labute approximate surface area is 267 Å². The zero-order valence-corrected chi connectivity index (χ0v) is 27.0. The van der Waals surface area contributed by atoms with Crippen LogP contribution in [0.4, 0.5) is 10.1 Å². The highest BCUT2D eigenvalue weighted by molar-refractivity contribution is 7.90. The lowest BCUT2D eigenvalue weighted by molar-refractivity contribution is -0.111. The van der Waals surface area contributed by atoms with E-state index in [1.807, 2.05) is 42.7 Å². The molecule has 0 fully saturated rings. The normalized spacial score (nSPS) is 12.0. The molecule has 1 heterocycles. The molecule has 1 unspecified atom stereocenters. The van der Waals surface area contributed by atoms with Gasteiger partial charge in [0.05, 0.1) is 31.4 Å². The van der Waals surface area contributed by atoms with Gasteiger partial charge in [-0.15, -0.1) is 0 Å². The van der Waals surface area contributed by atoms with Crippen LogP contribution < -0.4 is 14.8 Å². The maximum Gasteiger partial charge on any atom is 0.248 e. The summed E-state index contributed by atoms with van der Waals surface area (Å²) in [6, 6.07) is 17.4. The maximum absolute atomic E-state index is 15.0. The third-order valence-corrected chi connectivity index (χ3v) is 8.50. The highest BCUT2D eigenvalue weighted by Gasteiger charge is 2.18. The van der Waals surface area contributed by atoms with Gasteiger partial charge >= 0.3 is 0 Å². The highest BCUT2D eigenvalue weighted by Crippen LogP contribution is 2.32. The number of aryl methyl sites for hydroxylation is 2. The second-order valence-corrected chi connectivity index (χ2v) is 11.8. The number of nitrogens with zero attached hydrogens (tertiary/aromatic N) is 2. The summed E-state index contributed by atoms with van der Waals surface area (Å²) in [7, 11) is 1.39. The number of amides is 1. The number of benzene rings is 3. The third-order valence-electron chi connectivity index (χ3n) is 7.17. The molecule has 1 atom stereocenters. The number of hydrogen-bond donors (Lipinski definition) is 1. The minimum absolute atomic E-state index is 0.0392. The standard InChI is InChI=1S/C35H40FN3O5S/c1-5-7-18-43-19-20-44-30-13-8-26(9-14-30)28-21-27(35(42-4)32(36)22-28)10-17-34(40)38-29-11-15-31(16-12-29)45(41)23-33-25(3)37-24-39(33)6-2/h8-17,21-22,24H,5-7,18-20,23H2,1-4H3,(H,38,40)/b17-10+. The van der Waals surface area contributed by atoms with Gasteiger partial charge in [-0.25, -0.2) is 9.37 Å². The van der Waals surface area contributed by atoms with Crippen LogP contribution >= 0.6 is 0 Å². The number of aromatic nitrogens is 2. The number of hydrogen-bond acceptors (Lipinski definition) is 6. The van der Waals surface area contributed by atoms with E-state index in [0.717, 1.165) is 42.9 Å². The van der Waals surface area contributed by atoms with Crippen LogP contribution in [0.5, 0.6) is 11.5 Å². The Balaban J connectivity index is 1.38. The molecular weight excluding hydrogens is 593 g/mol. The molecule has 1 aromatic heterocycles. The lowest BCUT2D eigenvalue weighted by Gasteiger charge is -2.13. The number of halogens is 1. The summed E-state index contributed by atoms with van der Waals surface area (Å²) in [4.78, 5) is 17.7. The van der Waals surface area contributed by atoms with Gasteiger partial charge in [0.15, 0.2) is 22.2 Å². The van der Waals surface area contributed by atoms with Crippen molar-refractivity contribution in [3.8, 4) is 22.6 Å². The van der Waals surface area contributed by atoms with E-state index in [1.165, 1.54) is 25.3 Å². The largest absolute Gasteiger partial charge is 0.611 e. The molecule has 0 saturated carbocycles. The van der Waals surface area contributed by atoms with E-state index in [9.17, 15) is 13.7 Å². The van der Waals surface area contributed by atoms with E-state index in [1.54, 1.807) is 36.7 Å². The Morgan fingerprint density at radius 1 is 1.04 bits per heavy atom. The molecule has 8 nitrogen and oxygen atoms in total. The van der Waals surface area contributed by atoms with Crippen LogP contribution in [0.2, 0.25) is 0 Å². The topological polar surface area (TPSA) is 97.7 Å². The van der Waals surface area contributed by atoms with Gasteiger partial charge in [0, 0.05) is 30.5 Å². The average molecular weight is 634 g/mol. The number of ether oxygens (including phenoxy) is 3. The number of carbonyl (C=O) groups excluding carboxylic acids is 1. The molecule has 0 aliphatic heterocycles. The molecule has 1 N–H and O–H groups in total. The van der Waals surface area contributed by atoms with Crippen LogP contribution in [-0.2, 0) is 33.0 Å². The van der Waals surface area contributed by atoms with Crippen molar-refractivity contribution in [2.75, 3.05) is 32.2 Å². The maximum atomic E-state index is 15.0. The quantitative estimate of drug-likeness (QED) is 0.0798. The van der Waals surface area contributed by atoms with Gasteiger partial charge in [0.1, 0.15) is 12.4 Å². The van der Waals surface area contributed by atoms with Gasteiger partial charge in [0.25, 0.3) is 0 Å². The SMILES string of the molecule is CCCCOCCOc1ccc(-c2cc(F)c(OC)c(/C=C/C(=O)Nc3ccc([S+]([O-])Cc4c(C)ncn4CC)cc3)c2)cc1. The predicted octanol–water partition coefficient (Wildman–Crippen LogP) is 7.18. The van der Waals surface area contributed by atoms with Crippen molar-refractivity contribution >= 4 is 28.8 Å².